The van der Waals surface area contributed by atoms with Gasteiger partial charge in [-0.2, -0.15) is 0 Å². The molecule has 2 aromatic carbocycles. The summed E-state index contributed by atoms with van der Waals surface area (Å²) in [5.74, 6) is 0.672. The lowest BCUT2D eigenvalue weighted by Crippen LogP contribution is -2.27. The first-order valence-electron chi connectivity index (χ1n) is 9.53. The molecule has 1 aliphatic rings. The van der Waals surface area contributed by atoms with Crippen LogP contribution in [-0.2, 0) is 13.0 Å². The van der Waals surface area contributed by atoms with Crippen molar-refractivity contribution in [3.05, 3.63) is 75.8 Å². The van der Waals surface area contributed by atoms with E-state index in [2.05, 4.69) is 5.32 Å². The molecule has 1 aliphatic heterocycles. The molecule has 4 rings (SSSR count). The fourth-order valence-corrected chi connectivity index (χ4v) is 3.66. The summed E-state index contributed by atoms with van der Waals surface area (Å²) >= 11 is 0. The number of carbonyl (C=O) groups excluding carboxylic acids is 1. The molecule has 0 radical (unpaired) electrons. The largest absolute Gasteiger partial charge is 0.346 e. The van der Waals surface area contributed by atoms with Crippen molar-refractivity contribution in [2.24, 2.45) is 0 Å². The average Bonchev–Trinajstić information content (AvgIpc) is 2.94. The number of carbonyl (C=O) groups is 1. The fourth-order valence-electron chi connectivity index (χ4n) is 3.66. The molecule has 0 saturated carbocycles. The minimum Gasteiger partial charge on any atom is -0.346 e. The number of nitrogens with zero attached hydrogens (tertiary/aromatic N) is 2. The first-order chi connectivity index (χ1) is 13.1. The Hall–Kier alpha value is -2.95. The molecule has 2 heterocycles. The average molecular weight is 361 g/mol. The third-order valence-electron chi connectivity index (χ3n) is 5.23. The second-order valence-electron chi connectivity index (χ2n) is 7.13. The van der Waals surface area contributed by atoms with Crippen LogP contribution in [0.5, 0.6) is 0 Å². The maximum Gasteiger partial charge on any atom is 0.261 e. The van der Waals surface area contributed by atoms with E-state index in [1.165, 1.54) is 0 Å². The van der Waals surface area contributed by atoms with E-state index in [1.807, 2.05) is 37.3 Å². The molecule has 0 fully saturated rings. The summed E-state index contributed by atoms with van der Waals surface area (Å²) in [5, 5.41) is 3.59. The number of hydrogen-bond donors (Lipinski definition) is 1. The number of benzene rings is 2. The van der Waals surface area contributed by atoms with Gasteiger partial charge in [-0.1, -0.05) is 36.8 Å². The molecule has 1 amide bonds. The Bertz CT molecular complexity index is 1040. The van der Waals surface area contributed by atoms with Crippen molar-refractivity contribution < 1.29 is 4.79 Å². The number of nitrogens with one attached hydrogen (secondary N) is 1. The van der Waals surface area contributed by atoms with Crippen LogP contribution >= 0.6 is 0 Å². The van der Waals surface area contributed by atoms with E-state index >= 15 is 0 Å². The van der Waals surface area contributed by atoms with Gasteiger partial charge in [0.2, 0.25) is 0 Å². The van der Waals surface area contributed by atoms with Crippen molar-refractivity contribution in [1.29, 1.82) is 0 Å². The molecule has 5 nitrogen and oxygen atoms in total. The highest BCUT2D eigenvalue weighted by molar-refractivity contribution is 5.97. The van der Waals surface area contributed by atoms with Gasteiger partial charge in [0.25, 0.3) is 11.5 Å². The molecule has 0 unspecified atom stereocenters. The number of amides is 1. The quantitative estimate of drug-likeness (QED) is 0.775. The molecule has 0 aliphatic carbocycles. The summed E-state index contributed by atoms with van der Waals surface area (Å²) in [7, 11) is 0. The molecule has 5 heteroatoms. The van der Waals surface area contributed by atoms with Crippen LogP contribution in [0.2, 0.25) is 0 Å². The van der Waals surface area contributed by atoms with Gasteiger partial charge in [-0.25, -0.2) is 4.98 Å². The molecule has 1 aromatic heterocycles. The molecular weight excluding hydrogens is 338 g/mol. The number of hydrogen-bond acceptors (Lipinski definition) is 3. The van der Waals surface area contributed by atoms with Crippen LogP contribution in [0.15, 0.2) is 53.3 Å². The predicted octanol–water partition coefficient (Wildman–Crippen LogP) is 3.61. The lowest BCUT2D eigenvalue weighted by Gasteiger charge is -2.15. The van der Waals surface area contributed by atoms with E-state index in [-0.39, 0.29) is 17.5 Å². The monoisotopic (exact) mass is 361 g/mol. The van der Waals surface area contributed by atoms with Crippen LogP contribution in [0, 0.1) is 0 Å². The van der Waals surface area contributed by atoms with E-state index in [0.717, 1.165) is 43.6 Å². The first-order valence-corrected chi connectivity index (χ1v) is 9.53. The first kappa shape index (κ1) is 17.5. The van der Waals surface area contributed by atoms with Crippen molar-refractivity contribution in [3.63, 3.8) is 0 Å². The predicted molar refractivity (Wildman–Crippen MR) is 106 cm³/mol. The van der Waals surface area contributed by atoms with Crippen LogP contribution < -0.4 is 10.9 Å². The molecule has 27 heavy (non-hydrogen) atoms. The van der Waals surface area contributed by atoms with Gasteiger partial charge in [-0.15, -0.1) is 0 Å². The molecule has 3 aromatic rings. The lowest BCUT2D eigenvalue weighted by molar-refractivity contribution is 0.0940. The second-order valence-corrected chi connectivity index (χ2v) is 7.13. The van der Waals surface area contributed by atoms with Crippen molar-refractivity contribution >= 4 is 16.8 Å². The molecule has 1 atom stereocenters. The van der Waals surface area contributed by atoms with Crippen molar-refractivity contribution in [2.45, 2.75) is 45.2 Å². The van der Waals surface area contributed by atoms with Crippen LogP contribution in [0.3, 0.4) is 0 Å². The van der Waals surface area contributed by atoms with E-state index in [9.17, 15) is 9.59 Å². The van der Waals surface area contributed by atoms with E-state index in [4.69, 9.17) is 4.98 Å². The summed E-state index contributed by atoms with van der Waals surface area (Å²) in [6.07, 6.45) is 3.99. The zero-order chi connectivity index (χ0) is 18.8. The van der Waals surface area contributed by atoms with Crippen molar-refractivity contribution in [2.75, 3.05) is 0 Å². The van der Waals surface area contributed by atoms with Gasteiger partial charge in [0, 0.05) is 18.5 Å². The van der Waals surface area contributed by atoms with Gasteiger partial charge in [0.15, 0.2) is 0 Å². The molecule has 0 bridgehead atoms. The van der Waals surface area contributed by atoms with Gasteiger partial charge in [0.1, 0.15) is 5.82 Å². The normalized spacial score (nSPS) is 15.0. The standard InChI is InChI=1S/C22H23N3O2/c1-15(16-8-4-2-5-9-16)23-21(26)17-11-12-18-19(14-17)24-20-10-6-3-7-13-25(20)22(18)27/h2,4-5,8-9,11-12,14-15H,3,6-7,10,13H2,1H3,(H,23,26)/t15-/m0/s1. The molecule has 138 valence electrons. The van der Waals surface area contributed by atoms with Crippen LogP contribution in [0.1, 0.15) is 54.0 Å². The molecule has 1 N–H and O–H groups in total. The maximum atomic E-state index is 12.8. The number of fused-ring (bicyclic) bond motifs is 2. The third-order valence-corrected chi connectivity index (χ3v) is 5.23. The van der Waals surface area contributed by atoms with E-state index < -0.39 is 0 Å². The second kappa shape index (κ2) is 7.35. The van der Waals surface area contributed by atoms with Crippen LogP contribution in [0.25, 0.3) is 10.9 Å². The van der Waals surface area contributed by atoms with E-state index in [1.54, 1.807) is 22.8 Å². The minimum atomic E-state index is -0.162. The zero-order valence-corrected chi connectivity index (χ0v) is 15.4. The molecule has 0 saturated heterocycles. The minimum absolute atomic E-state index is 0.00140. The smallest absolute Gasteiger partial charge is 0.261 e. The van der Waals surface area contributed by atoms with Gasteiger partial charge in [-0.05, 0) is 43.5 Å². The SMILES string of the molecule is C[C@H](NC(=O)c1ccc2c(=O)n3c(nc2c1)CCCCC3)c1ccccc1. The highest BCUT2D eigenvalue weighted by Crippen LogP contribution is 2.17. The summed E-state index contributed by atoms with van der Waals surface area (Å²) in [5.41, 5.74) is 2.18. The lowest BCUT2D eigenvalue weighted by atomic mass is 10.1. The summed E-state index contributed by atoms with van der Waals surface area (Å²) in [4.78, 5) is 30.2. The van der Waals surface area contributed by atoms with Gasteiger partial charge in [0.05, 0.1) is 16.9 Å². The Morgan fingerprint density at radius 2 is 1.93 bits per heavy atom. The number of rotatable bonds is 3. The Labute approximate surface area is 158 Å². The topological polar surface area (TPSA) is 64.0 Å². The summed E-state index contributed by atoms with van der Waals surface area (Å²) < 4.78 is 1.80. The number of aromatic nitrogens is 2. The maximum absolute atomic E-state index is 12.8. The Kier molecular flexibility index (Phi) is 4.75. The Balaban J connectivity index is 1.65. The third kappa shape index (κ3) is 3.50. The van der Waals surface area contributed by atoms with Gasteiger partial charge >= 0.3 is 0 Å². The number of aryl methyl sites for hydroxylation is 1. The summed E-state index contributed by atoms with van der Waals surface area (Å²) in [6.45, 7) is 2.69. The van der Waals surface area contributed by atoms with Gasteiger partial charge in [-0.3, -0.25) is 14.2 Å². The Morgan fingerprint density at radius 3 is 2.74 bits per heavy atom. The van der Waals surface area contributed by atoms with Gasteiger partial charge < -0.3 is 5.32 Å². The Morgan fingerprint density at radius 1 is 1.11 bits per heavy atom. The highest BCUT2D eigenvalue weighted by Gasteiger charge is 2.16. The highest BCUT2D eigenvalue weighted by atomic mass is 16.1. The van der Waals surface area contributed by atoms with Crippen LogP contribution in [-0.4, -0.2) is 15.5 Å². The van der Waals surface area contributed by atoms with Crippen molar-refractivity contribution in [1.82, 2.24) is 14.9 Å². The molecular formula is C22H23N3O2. The molecule has 0 spiro atoms. The van der Waals surface area contributed by atoms with Crippen LogP contribution in [0.4, 0.5) is 0 Å². The van der Waals surface area contributed by atoms with E-state index in [0.29, 0.717) is 16.5 Å². The van der Waals surface area contributed by atoms with Crippen molar-refractivity contribution in [3.8, 4) is 0 Å². The fraction of sp³-hybridized carbons (Fsp3) is 0.318. The zero-order valence-electron chi connectivity index (χ0n) is 15.4. The summed E-state index contributed by atoms with van der Waals surface area (Å²) in [6, 6.07) is 14.9.